The highest BCUT2D eigenvalue weighted by Crippen LogP contribution is 2.42. The third kappa shape index (κ3) is 2.54. The first-order valence-electron chi connectivity index (χ1n) is 8.55. The fraction of sp³-hybridized carbons (Fsp3) is 0.421. The number of rotatable bonds is 3. The number of amides is 1. The summed E-state index contributed by atoms with van der Waals surface area (Å²) in [7, 11) is 0. The van der Waals surface area contributed by atoms with Gasteiger partial charge in [-0.1, -0.05) is 18.9 Å². The molecular weight excluding hydrogens is 304 g/mol. The fourth-order valence-corrected chi connectivity index (χ4v) is 3.79. The predicted molar refractivity (Wildman–Crippen MR) is 90.6 cm³/mol. The first-order chi connectivity index (χ1) is 11.7. The smallest absolute Gasteiger partial charge is 0.253 e. The van der Waals surface area contributed by atoms with Gasteiger partial charge in [-0.05, 0) is 43.5 Å². The minimum absolute atomic E-state index is 0.0226. The highest BCUT2D eigenvalue weighted by Gasteiger charge is 2.38. The van der Waals surface area contributed by atoms with Gasteiger partial charge in [-0.15, -0.1) is 0 Å². The average molecular weight is 326 g/mol. The van der Waals surface area contributed by atoms with Crippen LogP contribution >= 0.6 is 0 Å². The lowest BCUT2D eigenvalue weighted by molar-refractivity contribution is 0.0897. The summed E-state index contributed by atoms with van der Waals surface area (Å²) >= 11 is 0. The number of carbonyl (C=O) groups is 1. The summed E-state index contributed by atoms with van der Waals surface area (Å²) in [4.78, 5) is 15.8. The highest BCUT2D eigenvalue weighted by atomic mass is 16.6. The van der Waals surface area contributed by atoms with E-state index in [1.807, 2.05) is 25.1 Å². The Kier molecular flexibility index (Phi) is 3.71. The standard InChI is InChI=1S/C19H22N2O3/c1-13-15(6-9-20-13)18(22)21-19(7-2-3-8-19)14-4-5-16-17(12-14)24-11-10-23-16/h4-6,9,12,20H,2-3,7-8,10-11H2,1H3,(H,21,22). The van der Waals surface area contributed by atoms with E-state index in [1.165, 1.54) is 0 Å². The Labute approximate surface area is 141 Å². The number of hydrogen-bond donors (Lipinski definition) is 2. The van der Waals surface area contributed by atoms with Crippen molar-refractivity contribution in [3.63, 3.8) is 0 Å². The zero-order chi connectivity index (χ0) is 16.6. The van der Waals surface area contributed by atoms with Crippen LogP contribution in [0.2, 0.25) is 0 Å². The molecule has 0 bridgehead atoms. The number of hydrogen-bond acceptors (Lipinski definition) is 3. The maximum atomic E-state index is 12.8. The molecule has 2 N–H and O–H groups in total. The van der Waals surface area contributed by atoms with Crippen molar-refractivity contribution in [3.8, 4) is 11.5 Å². The molecule has 1 aromatic heterocycles. The van der Waals surface area contributed by atoms with E-state index in [0.717, 1.165) is 48.4 Å². The molecule has 1 aliphatic carbocycles. The molecule has 2 heterocycles. The number of benzene rings is 1. The minimum Gasteiger partial charge on any atom is -0.486 e. The van der Waals surface area contributed by atoms with Crippen molar-refractivity contribution in [2.45, 2.75) is 38.1 Å². The normalized spacial score (nSPS) is 18.4. The zero-order valence-corrected chi connectivity index (χ0v) is 13.9. The van der Waals surface area contributed by atoms with Gasteiger partial charge in [-0.25, -0.2) is 0 Å². The van der Waals surface area contributed by atoms with Gasteiger partial charge < -0.3 is 19.8 Å². The number of ether oxygens (including phenoxy) is 2. The molecule has 0 atom stereocenters. The Morgan fingerprint density at radius 1 is 1.12 bits per heavy atom. The third-order valence-corrected chi connectivity index (χ3v) is 5.10. The first kappa shape index (κ1) is 15.1. The van der Waals surface area contributed by atoms with Crippen molar-refractivity contribution >= 4 is 5.91 Å². The molecule has 126 valence electrons. The van der Waals surface area contributed by atoms with E-state index >= 15 is 0 Å². The van der Waals surface area contributed by atoms with E-state index in [1.54, 1.807) is 6.20 Å². The second-order valence-corrected chi connectivity index (χ2v) is 6.62. The van der Waals surface area contributed by atoms with Crippen LogP contribution in [0.5, 0.6) is 11.5 Å². The lowest BCUT2D eigenvalue weighted by atomic mass is 9.87. The van der Waals surface area contributed by atoms with Crippen molar-refractivity contribution in [2.24, 2.45) is 0 Å². The lowest BCUT2D eigenvalue weighted by Crippen LogP contribution is -2.44. The van der Waals surface area contributed by atoms with Crippen molar-refractivity contribution in [1.82, 2.24) is 10.3 Å². The summed E-state index contributed by atoms with van der Waals surface area (Å²) in [6, 6.07) is 7.88. The van der Waals surface area contributed by atoms with E-state index in [4.69, 9.17) is 9.47 Å². The Balaban J connectivity index is 1.66. The second-order valence-electron chi connectivity index (χ2n) is 6.62. The predicted octanol–water partition coefficient (Wildman–Crippen LogP) is 3.29. The van der Waals surface area contributed by atoms with Crippen molar-refractivity contribution in [1.29, 1.82) is 0 Å². The van der Waals surface area contributed by atoms with Crippen LogP contribution in [0, 0.1) is 6.92 Å². The maximum Gasteiger partial charge on any atom is 0.253 e. The molecule has 1 amide bonds. The van der Waals surface area contributed by atoms with Crippen LogP contribution in [0.4, 0.5) is 0 Å². The van der Waals surface area contributed by atoms with Gasteiger partial charge in [0.05, 0.1) is 11.1 Å². The van der Waals surface area contributed by atoms with Crippen molar-refractivity contribution in [3.05, 3.63) is 47.3 Å². The number of fused-ring (bicyclic) bond motifs is 1. The van der Waals surface area contributed by atoms with Gasteiger partial charge in [0.25, 0.3) is 5.91 Å². The monoisotopic (exact) mass is 326 g/mol. The van der Waals surface area contributed by atoms with Crippen LogP contribution in [-0.4, -0.2) is 24.1 Å². The minimum atomic E-state index is -0.323. The molecule has 5 heteroatoms. The number of aromatic nitrogens is 1. The van der Waals surface area contributed by atoms with Crippen LogP contribution in [-0.2, 0) is 5.54 Å². The van der Waals surface area contributed by atoms with E-state index in [-0.39, 0.29) is 11.4 Å². The number of H-pyrrole nitrogens is 1. The van der Waals surface area contributed by atoms with Crippen molar-refractivity contribution in [2.75, 3.05) is 13.2 Å². The SMILES string of the molecule is Cc1[nH]ccc1C(=O)NC1(c2ccc3c(c2)OCCO3)CCCC1. The molecule has 5 nitrogen and oxygen atoms in total. The molecule has 0 radical (unpaired) electrons. The van der Waals surface area contributed by atoms with E-state index in [0.29, 0.717) is 18.8 Å². The van der Waals surface area contributed by atoms with E-state index in [2.05, 4.69) is 16.4 Å². The molecule has 4 rings (SSSR count). The molecule has 1 aromatic carbocycles. The van der Waals surface area contributed by atoms with E-state index in [9.17, 15) is 4.79 Å². The molecule has 2 aromatic rings. The topological polar surface area (TPSA) is 63.4 Å². The highest BCUT2D eigenvalue weighted by molar-refractivity contribution is 5.96. The summed E-state index contributed by atoms with van der Waals surface area (Å²) in [5.74, 6) is 1.54. The van der Waals surface area contributed by atoms with Gasteiger partial charge in [0.1, 0.15) is 13.2 Å². The Morgan fingerprint density at radius 2 is 1.88 bits per heavy atom. The number of aromatic amines is 1. The van der Waals surface area contributed by atoms with Gasteiger partial charge in [-0.3, -0.25) is 4.79 Å². The van der Waals surface area contributed by atoms with Gasteiger partial charge in [-0.2, -0.15) is 0 Å². The summed E-state index contributed by atoms with van der Waals surface area (Å²) in [6.45, 7) is 3.07. The molecule has 1 fully saturated rings. The molecule has 2 aliphatic rings. The molecule has 1 aliphatic heterocycles. The zero-order valence-electron chi connectivity index (χ0n) is 13.9. The molecule has 0 spiro atoms. The molecule has 0 unspecified atom stereocenters. The average Bonchev–Trinajstić information content (AvgIpc) is 3.24. The lowest BCUT2D eigenvalue weighted by Gasteiger charge is -2.32. The van der Waals surface area contributed by atoms with Crippen LogP contribution in [0.25, 0.3) is 0 Å². The quantitative estimate of drug-likeness (QED) is 0.910. The number of carbonyl (C=O) groups excluding carboxylic acids is 1. The summed E-state index contributed by atoms with van der Waals surface area (Å²) in [5.41, 5.74) is 2.38. The summed E-state index contributed by atoms with van der Waals surface area (Å²) in [6.07, 6.45) is 5.92. The number of nitrogens with one attached hydrogen (secondary N) is 2. The Morgan fingerprint density at radius 3 is 2.58 bits per heavy atom. The maximum absolute atomic E-state index is 12.8. The second kappa shape index (κ2) is 5.89. The molecular formula is C19H22N2O3. The van der Waals surface area contributed by atoms with Crippen LogP contribution in [0.15, 0.2) is 30.5 Å². The van der Waals surface area contributed by atoms with E-state index < -0.39 is 0 Å². The summed E-state index contributed by atoms with van der Waals surface area (Å²) in [5, 5.41) is 3.30. The van der Waals surface area contributed by atoms with Gasteiger partial charge in [0.15, 0.2) is 11.5 Å². The molecule has 0 saturated heterocycles. The third-order valence-electron chi connectivity index (χ3n) is 5.10. The van der Waals surface area contributed by atoms with Crippen LogP contribution < -0.4 is 14.8 Å². The Hall–Kier alpha value is -2.43. The fourth-order valence-electron chi connectivity index (χ4n) is 3.79. The molecule has 1 saturated carbocycles. The summed E-state index contributed by atoms with van der Waals surface area (Å²) < 4.78 is 11.3. The number of aryl methyl sites for hydroxylation is 1. The van der Waals surface area contributed by atoms with Gasteiger partial charge in [0, 0.05) is 11.9 Å². The molecule has 24 heavy (non-hydrogen) atoms. The van der Waals surface area contributed by atoms with Gasteiger partial charge in [0.2, 0.25) is 0 Å². The van der Waals surface area contributed by atoms with Gasteiger partial charge >= 0.3 is 0 Å². The largest absolute Gasteiger partial charge is 0.486 e. The van der Waals surface area contributed by atoms with Crippen LogP contribution in [0.1, 0.15) is 47.3 Å². The Bertz CT molecular complexity index is 760. The van der Waals surface area contributed by atoms with Crippen LogP contribution in [0.3, 0.4) is 0 Å². The van der Waals surface area contributed by atoms with Crippen molar-refractivity contribution < 1.29 is 14.3 Å². The first-order valence-corrected chi connectivity index (χ1v) is 8.55.